The van der Waals surface area contributed by atoms with Gasteiger partial charge < -0.3 is 11.1 Å². The zero-order chi connectivity index (χ0) is 13.0. The number of nitrogen functional groups attached to an aromatic ring is 1. The molecule has 1 heterocycles. The van der Waals surface area contributed by atoms with Crippen LogP contribution in [0.3, 0.4) is 0 Å². The first kappa shape index (κ1) is 12.8. The van der Waals surface area contributed by atoms with Crippen molar-refractivity contribution < 1.29 is 4.79 Å². The third-order valence-corrected chi connectivity index (χ3v) is 4.00. The summed E-state index contributed by atoms with van der Waals surface area (Å²) in [5.74, 6) is 0.921. The van der Waals surface area contributed by atoms with E-state index in [9.17, 15) is 4.79 Å². The van der Waals surface area contributed by atoms with E-state index in [-0.39, 0.29) is 5.91 Å². The second kappa shape index (κ2) is 5.83. The molecule has 7 heteroatoms. The number of benzene rings is 1. The van der Waals surface area contributed by atoms with Gasteiger partial charge in [-0.15, -0.1) is 0 Å². The van der Waals surface area contributed by atoms with Crippen LogP contribution in [0.2, 0.25) is 0 Å². The minimum absolute atomic E-state index is 0.106. The lowest BCUT2D eigenvalue weighted by Gasteiger charge is -2.06. The second-order valence-electron chi connectivity index (χ2n) is 3.53. The van der Waals surface area contributed by atoms with Gasteiger partial charge in [-0.1, -0.05) is 23.9 Å². The normalized spacial score (nSPS) is 10.3. The number of anilines is 2. The zero-order valence-electron chi connectivity index (χ0n) is 9.71. The van der Waals surface area contributed by atoms with Gasteiger partial charge in [0, 0.05) is 0 Å². The van der Waals surface area contributed by atoms with Crippen LogP contribution < -0.4 is 11.1 Å². The van der Waals surface area contributed by atoms with E-state index in [1.807, 2.05) is 19.1 Å². The number of carbonyl (C=O) groups excluding carboxylic acids is 1. The molecule has 1 aromatic carbocycles. The summed E-state index contributed by atoms with van der Waals surface area (Å²) in [7, 11) is 0. The standard InChI is InChI=1S/C11H12N4OS2/c1-7-13-11(18-15-7)17-6-10(16)14-9-5-3-2-4-8(9)12/h2-5H,6,12H2,1H3,(H,14,16). The van der Waals surface area contributed by atoms with Gasteiger partial charge in [0.25, 0.3) is 0 Å². The van der Waals surface area contributed by atoms with E-state index in [0.717, 1.165) is 10.2 Å². The molecule has 2 aromatic rings. The predicted octanol–water partition coefficient (Wildman–Crippen LogP) is 2.16. The Morgan fingerprint density at radius 2 is 2.28 bits per heavy atom. The molecule has 0 saturated heterocycles. The van der Waals surface area contributed by atoms with Crippen LogP contribution in [0.5, 0.6) is 0 Å². The smallest absolute Gasteiger partial charge is 0.234 e. The number of rotatable bonds is 4. The fraction of sp³-hybridized carbons (Fsp3) is 0.182. The number of nitrogens with zero attached hydrogens (tertiary/aromatic N) is 2. The molecule has 1 amide bonds. The largest absolute Gasteiger partial charge is 0.397 e. The van der Waals surface area contributed by atoms with Gasteiger partial charge in [-0.3, -0.25) is 4.79 Å². The van der Waals surface area contributed by atoms with Crippen molar-refractivity contribution in [3.05, 3.63) is 30.1 Å². The van der Waals surface area contributed by atoms with Crippen LogP contribution in [0.15, 0.2) is 28.6 Å². The molecule has 0 bridgehead atoms. The van der Waals surface area contributed by atoms with E-state index in [1.165, 1.54) is 23.3 Å². The summed E-state index contributed by atoms with van der Waals surface area (Å²) >= 11 is 2.66. The van der Waals surface area contributed by atoms with Crippen LogP contribution >= 0.6 is 23.3 Å². The van der Waals surface area contributed by atoms with Gasteiger partial charge in [-0.25, -0.2) is 4.98 Å². The molecule has 18 heavy (non-hydrogen) atoms. The van der Waals surface area contributed by atoms with Crippen LogP contribution in [0.4, 0.5) is 11.4 Å². The van der Waals surface area contributed by atoms with Crippen molar-refractivity contribution in [3.63, 3.8) is 0 Å². The second-order valence-corrected chi connectivity index (χ2v) is 5.51. The third kappa shape index (κ3) is 3.44. The Kier molecular flexibility index (Phi) is 4.16. The van der Waals surface area contributed by atoms with Gasteiger partial charge in [0.05, 0.1) is 17.1 Å². The zero-order valence-corrected chi connectivity index (χ0v) is 11.3. The van der Waals surface area contributed by atoms with E-state index in [0.29, 0.717) is 17.1 Å². The lowest BCUT2D eigenvalue weighted by molar-refractivity contribution is -0.113. The average Bonchev–Trinajstić information content (AvgIpc) is 2.76. The molecule has 0 fully saturated rings. The molecule has 0 unspecified atom stereocenters. The number of amides is 1. The number of para-hydroxylation sites is 2. The Labute approximate surface area is 113 Å². The Morgan fingerprint density at radius 3 is 2.94 bits per heavy atom. The molecule has 0 spiro atoms. The minimum Gasteiger partial charge on any atom is -0.397 e. The molecule has 0 aliphatic heterocycles. The van der Waals surface area contributed by atoms with Gasteiger partial charge in [0.15, 0.2) is 4.34 Å². The Morgan fingerprint density at radius 1 is 1.50 bits per heavy atom. The minimum atomic E-state index is -0.106. The van der Waals surface area contributed by atoms with Gasteiger partial charge in [0.2, 0.25) is 5.91 Å². The first-order chi connectivity index (χ1) is 8.65. The summed E-state index contributed by atoms with van der Waals surface area (Å²) in [6.07, 6.45) is 0. The van der Waals surface area contributed by atoms with E-state index >= 15 is 0 Å². The molecule has 94 valence electrons. The van der Waals surface area contributed by atoms with E-state index in [1.54, 1.807) is 12.1 Å². The maximum atomic E-state index is 11.7. The van der Waals surface area contributed by atoms with Gasteiger partial charge in [0.1, 0.15) is 5.82 Å². The maximum Gasteiger partial charge on any atom is 0.234 e. The van der Waals surface area contributed by atoms with E-state index in [2.05, 4.69) is 14.7 Å². The van der Waals surface area contributed by atoms with E-state index in [4.69, 9.17) is 5.73 Å². The molecule has 2 rings (SSSR count). The lowest BCUT2D eigenvalue weighted by Crippen LogP contribution is -2.15. The number of carbonyl (C=O) groups is 1. The highest BCUT2D eigenvalue weighted by atomic mass is 32.2. The van der Waals surface area contributed by atoms with Crippen molar-refractivity contribution in [2.24, 2.45) is 0 Å². The summed E-state index contributed by atoms with van der Waals surface area (Å²) in [6.45, 7) is 1.82. The molecule has 0 aliphatic rings. The first-order valence-electron chi connectivity index (χ1n) is 5.22. The third-order valence-electron chi connectivity index (χ3n) is 2.07. The fourth-order valence-electron chi connectivity index (χ4n) is 1.26. The number of nitrogens with two attached hydrogens (primary N) is 1. The van der Waals surface area contributed by atoms with Crippen molar-refractivity contribution in [1.29, 1.82) is 0 Å². The predicted molar refractivity (Wildman–Crippen MR) is 74.9 cm³/mol. The molecule has 0 saturated carbocycles. The summed E-state index contributed by atoms with van der Waals surface area (Å²) in [5.41, 5.74) is 6.93. The summed E-state index contributed by atoms with van der Waals surface area (Å²) in [5, 5.41) is 2.76. The molecule has 1 aromatic heterocycles. The number of aryl methyl sites for hydroxylation is 1. The number of hydrogen-bond donors (Lipinski definition) is 2. The number of thioether (sulfide) groups is 1. The quantitative estimate of drug-likeness (QED) is 0.662. The Balaban J connectivity index is 1.88. The molecule has 0 atom stereocenters. The summed E-state index contributed by atoms with van der Waals surface area (Å²) in [4.78, 5) is 15.9. The highest BCUT2D eigenvalue weighted by molar-refractivity contribution is 8.01. The molecule has 0 radical (unpaired) electrons. The fourth-order valence-corrected chi connectivity index (χ4v) is 2.71. The van der Waals surface area contributed by atoms with Gasteiger partial charge in [-0.05, 0) is 30.6 Å². The van der Waals surface area contributed by atoms with Crippen molar-refractivity contribution in [2.75, 3.05) is 16.8 Å². The SMILES string of the molecule is Cc1nsc(SCC(=O)Nc2ccccc2N)n1. The van der Waals surface area contributed by atoms with E-state index < -0.39 is 0 Å². The topological polar surface area (TPSA) is 80.9 Å². The van der Waals surface area contributed by atoms with Gasteiger partial charge >= 0.3 is 0 Å². The maximum absolute atomic E-state index is 11.7. The highest BCUT2D eigenvalue weighted by Gasteiger charge is 2.07. The number of aromatic nitrogens is 2. The summed E-state index contributed by atoms with van der Waals surface area (Å²) in [6, 6.07) is 7.17. The monoisotopic (exact) mass is 280 g/mol. The van der Waals surface area contributed by atoms with Crippen molar-refractivity contribution in [2.45, 2.75) is 11.3 Å². The average molecular weight is 280 g/mol. The van der Waals surface area contributed by atoms with Crippen LogP contribution in [-0.2, 0) is 4.79 Å². The molecular weight excluding hydrogens is 268 g/mol. The molecule has 3 N–H and O–H groups in total. The number of nitrogens with one attached hydrogen (secondary N) is 1. The van der Waals surface area contributed by atoms with Crippen LogP contribution in [0.1, 0.15) is 5.82 Å². The first-order valence-corrected chi connectivity index (χ1v) is 6.98. The molecule has 0 aliphatic carbocycles. The van der Waals surface area contributed by atoms with Crippen LogP contribution in [0, 0.1) is 6.92 Å². The molecular formula is C11H12N4OS2. The Hall–Kier alpha value is -1.60. The highest BCUT2D eigenvalue weighted by Crippen LogP contribution is 2.21. The molecule has 5 nitrogen and oxygen atoms in total. The van der Waals surface area contributed by atoms with Crippen molar-refractivity contribution in [1.82, 2.24) is 9.36 Å². The van der Waals surface area contributed by atoms with Crippen molar-refractivity contribution >= 4 is 40.6 Å². The van der Waals surface area contributed by atoms with Gasteiger partial charge in [-0.2, -0.15) is 4.37 Å². The lowest BCUT2D eigenvalue weighted by atomic mass is 10.3. The van der Waals surface area contributed by atoms with Crippen LogP contribution in [0.25, 0.3) is 0 Å². The summed E-state index contributed by atoms with van der Waals surface area (Å²) < 4.78 is 4.85. The number of hydrogen-bond acceptors (Lipinski definition) is 6. The van der Waals surface area contributed by atoms with Crippen LogP contribution in [-0.4, -0.2) is 21.0 Å². The van der Waals surface area contributed by atoms with Crippen molar-refractivity contribution in [3.8, 4) is 0 Å². The Bertz CT molecular complexity index is 555.